The maximum Gasteiger partial charge on any atom is 0.250 e. The number of hydrogen-bond acceptors (Lipinski definition) is 7. The zero-order valence-corrected chi connectivity index (χ0v) is 24.0. The van der Waals surface area contributed by atoms with E-state index in [2.05, 4.69) is 37.5 Å². The number of methoxy groups -OCH3 is 1. The van der Waals surface area contributed by atoms with Gasteiger partial charge in [0.25, 0.3) is 5.91 Å². The summed E-state index contributed by atoms with van der Waals surface area (Å²) in [6, 6.07) is 19.3. The molecule has 0 bridgehead atoms. The van der Waals surface area contributed by atoms with Gasteiger partial charge in [-0.05, 0) is 58.2 Å². The summed E-state index contributed by atoms with van der Waals surface area (Å²) in [5, 5.41) is 6.72. The highest BCUT2D eigenvalue weighted by Crippen LogP contribution is 2.37. The predicted octanol–water partition coefficient (Wildman–Crippen LogP) is 7.36. The molecule has 0 atom stereocenters. The van der Waals surface area contributed by atoms with Crippen molar-refractivity contribution in [2.45, 2.75) is 17.9 Å². The van der Waals surface area contributed by atoms with Crippen LogP contribution in [0.15, 0.2) is 80.0 Å². The van der Waals surface area contributed by atoms with Crippen molar-refractivity contribution in [2.75, 3.05) is 12.9 Å². The molecule has 0 aliphatic carbocycles. The van der Waals surface area contributed by atoms with Crippen molar-refractivity contribution < 1.29 is 14.3 Å². The van der Waals surface area contributed by atoms with E-state index in [1.165, 1.54) is 28.7 Å². The molecule has 37 heavy (non-hydrogen) atoms. The molecular weight excluding hydrogens is 594 g/mol. The van der Waals surface area contributed by atoms with Crippen LogP contribution in [0.1, 0.15) is 16.7 Å². The average molecular weight is 617 g/mol. The van der Waals surface area contributed by atoms with Gasteiger partial charge in [0.2, 0.25) is 0 Å². The van der Waals surface area contributed by atoms with Gasteiger partial charge in [0.05, 0.1) is 29.2 Å². The Hall–Kier alpha value is -2.85. The molecular formula is C27H23BrClN3O3S2. The average Bonchev–Trinajstić information content (AvgIpc) is 3.36. The van der Waals surface area contributed by atoms with Crippen LogP contribution in [0.2, 0.25) is 5.02 Å². The van der Waals surface area contributed by atoms with E-state index >= 15 is 0 Å². The summed E-state index contributed by atoms with van der Waals surface area (Å²) in [6.07, 6.45) is 1.56. The summed E-state index contributed by atoms with van der Waals surface area (Å²) in [7, 11) is 1.58. The first-order valence-electron chi connectivity index (χ1n) is 11.1. The number of carbonyl (C=O) groups is 1. The highest BCUT2D eigenvalue weighted by molar-refractivity contribution is 9.10. The fourth-order valence-electron chi connectivity index (χ4n) is 3.33. The first-order valence-corrected chi connectivity index (χ1v) is 14.2. The van der Waals surface area contributed by atoms with E-state index in [-0.39, 0.29) is 11.7 Å². The number of amides is 1. The Morgan fingerprint density at radius 3 is 2.78 bits per heavy atom. The lowest BCUT2D eigenvalue weighted by Gasteiger charge is -2.13. The van der Waals surface area contributed by atoms with Crippen molar-refractivity contribution in [1.82, 2.24) is 10.4 Å². The van der Waals surface area contributed by atoms with Crippen molar-refractivity contribution in [1.29, 1.82) is 0 Å². The second-order valence-corrected chi connectivity index (χ2v) is 11.3. The van der Waals surface area contributed by atoms with Gasteiger partial charge >= 0.3 is 0 Å². The summed E-state index contributed by atoms with van der Waals surface area (Å²) in [5.41, 5.74) is 7.38. The van der Waals surface area contributed by atoms with E-state index < -0.39 is 0 Å². The third-order valence-corrected chi connectivity index (χ3v) is 7.93. The van der Waals surface area contributed by atoms with E-state index in [4.69, 9.17) is 21.1 Å². The first-order chi connectivity index (χ1) is 17.9. The molecule has 190 valence electrons. The Morgan fingerprint density at radius 2 is 2.03 bits per heavy atom. The summed E-state index contributed by atoms with van der Waals surface area (Å²) in [6.45, 7) is 2.46. The molecule has 0 fully saturated rings. The van der Waals surface area contributed by atoms with Gasteiger partial charge in [-0.3, -0.25) is 4.79 Å². The van der Waals surface area contributed by atoms with Crippen molar-refractivity contribution in [3.63, 3.8) is 0 Å². The predicted molar refractivity (Wildman–Crippen MR) is 155 cm³/mol. The van der Waals surface area contributed by atoms with Gasteiger partial charge < -0.3 is 9.47 Å². The monoisotopic (exact) mass is 615 g/mol. The van der Waals surface area contributed by atoms with Crippen LogP contribution in [0.4, 0.5) is 0 Å². The summed E-state index contributed by atoms with van der Waals surface area (Å²) in [4.78, 5) is 16.8. The molecule has 0 saturated carbocycles. The Bertz CT molecular complexity index is 1410. The summed E-state index contributed by atoms with van der Waals surface area (Å²) >= 11 is 12.3. The lowest BCUT2D eigenvalue weighted by atomic mass is 10.1. The normalized spacial score (nSPS) is 11.0. The molecule has 6 nitrogen and oxygen atoms in total. The van der Waals surface area contributed by atoms with Crippen molar-refractivity contribution in [3.05, 3.63) is 92.2 Å². The van der Waals surface area contributed by atoms with Gasteiger partial charge in [-0.1, -0.05) is 65.3 Å². The Kier molecular flexibility index (Phi) is 9.62. The van der Waals surface area contributed by atoms with Gasteiger partial charge in [-0.25, -0.2) is 10.4 Å². The molecule has 10 heteroatoms. The Labute approximate surface area is 237 Å². The number of halogens is 2. The number of rotatable bonds is 10. The van der Waals surface area contributed by atoms with Crippen LogP contribution in [0.5, 0.6) is 11.5 Å². The number of aromatic nitrogens is 1. The Morgan fingerprint density at radius 1 is 1.22 bits per heavy atom. The maximum atomic E-state index is 12.3. The molecule has 0 radical (unpaired) electrons. The smallest absolute Gasteiger partial charge is 0.250 e. The lowest BCUT2D eigenvalue weighted by molar-refractivity contribution is -0.118. The number of nitrogens with one attached hydrogen (secondary N) is 1. The van der Waals surface area contributed by atoms with Gasteiger partial charge in [0.15, 0.2) is 15.8 Å². The number of thioether (sulfide) groups is 1. The minimum absolute atomic E-state index is 0.198. The molecule has 0 unspecified atom stereocenters. The SMILES string of the molecule is COc1cc(/C=N/NC(=O)CSc2nc(-c3ccc(Cl)cc3)cs2)cc(Br)c1OCc1cccc(C)c1. The first kappa shape index (κ1) is 27.2. The molecule has 0 aliphatic rings. The molecule has 0 aliphatic heterocycles. The van der Waals surface area contributed by atoms with Gasteiger partial charge in [0.1, 0.15) is 6.61 Å². The van der Waals surface area contributed by atoms with Crippen LogP contribution in [-0.4, -0.2) is 30.0 Å². The van der Waals surface area contributed by atoms with Crippen LogP contribution in [0.3, 0.4) is 0 Å². The van der Waals surface area contributed by atoms with Crippen molar-refractivity contribution >= 4 is 62.8 Å². The van der Waals surface area contributed by atoms with E-state index in [1.807, 2.05) is 60.8 Å². The quantitative estimate of drug-likeness (QED) is 0.114. The lowest BCUT2D eigenvalue weighted by Crippen LogP contribution is -2.19. The van der Waals surface area contributed by atoms with Gasteiger partial charge in [0, 0.05) is 16.0 Å². The van der Waals surface area contributed by atoms with Crippen LogP contribution in [0.25, 0.3) is 11.3 Å². The molecule has 0 spiro atoms. The minimum Gasteiger partial charge on any atom is -0.493 e. The number of hydrogen-bond donors (Lipinski definition) is 1. The molecule has 0 saturated heterocycles. The van der Waals surface area contributed by atoms with Gasteiger partial charge in [-0.2, -0.15) is 5.10 Å². The largest absolute Gasteiger partial charge is 0.493 e. The minimum atomic E-state index is -0.228. The van der Waals surface area contributed by atoms with E-state index in [1.54, 1.807) is 19.4 Å². The standard InChI is InChI=1S/C27H23BrClN3O3S2/c1-17-4-3-5-18(10-17)14-35-26-22(28)11-19(12-24(26)34-2)13-30-32-25(33)16-37-27-31-23(15-36-27)20-6-8-21(29)9-7-20/h3-13,15H,14,16H2,1-2H3,(H,32,33)/b30-13+. The molecule has 3 aromatic carbocycles. The molecule has 1 heterocycles. The second kappa shape index (κ2) is 13.1. The van der Waals surface area contributed by atoms with Crippen LogP contribution in [0, 0.1) is 6.92 Å². The van der Waals surface area contributed by atoms with E-state index in [0.29, 0.717) is 23.1 Å². The Balaban J connectivity index is 1.30. The molecule has 1 amide bonds. The zero-order chi connectivity index (χ0) is 26.2. The number of benzene rings is 3. The van der Waals surface area contributed by atoms with Gasteiger partial charge in [-0.15, -0.1) is 11.3 Å². The third-order valence-electron chi connectivity index (χ3n) is 5.07. The summed E-state index contributed by atoms with van der Waals surface area (Å²) < 4.78 is 13.1. The fourth-order valence-corrected chi connectivity index (χ4v) is 5.65. The maximum absolute atomic E-state index is 12.3. The topological polar surface area (TPSA) is 72.8 Å². The number of nitrogens with zero attached hydrogens (tertiary/aromatic N) is 2. The van der Waals surface area contributed by atoms with Crippen LogP contribution >= 0.6 is 50.6 Å². The summed E-state index contributed by atoms with van der Waals surface area (Å²) in [5.74, 6) is 1.13. The highest BCUT2D eigenvalue weighted by Gasteiger charge is 2.12. The molecule has 4 rings (SSSR count). The van der Waals surface area contributed by atoms with E-state index in [9.17, 15) is 4.79 Å². The molecule has 1 N–H and O–H groups in total. The number of ether oxygens (including phenoxy) is 2. The second-order valence-electron chi connectivity index (χ2n) is 7.90. The van der Waals surface area contributed by atoms with Crippen LogP contribution < -0.4 is 14.9 Å². The van der Waals surface area contributed by atoms with Crippen molar-refractivity contribution in [2.24, 2.45) is 5.10 Å². The zero-order valence-electron chi connectivity index (χ0n) is 20.0. The highest BCUT2D eigenvalue weighted by atomic mass is 79.9. The number of aryl methyl sites for hydroxylation is 1. The number of carbonyl (C=O) groups excluding carboxylic acids is 1. The molecule has 4 aromatic rings. The van der Waals surface area contributed by atoms with Crippen LogP contribution in [-0.2, 0) is 11.4 Å². The molecule has 1 aromatic heterocycles. The van der Waals surface area contributed by atoms with E-state index in [0.717, 1.165) is 31.2 Å². The van der Waals surface area contributed by atoms with Crippen molar-refractivity contribution in [3.8, 4) is 22.8 Å². The number of hydrazone groups is 1. The number of thiazole rings is 1. The fraction of sp³-hybridized carbons (Fsp3) is 0.148. The third kappa shape index (κ3) is 7.82.